The number of nitrogens with zero attached hydrogens (tertiary/aromatic N) is 1. The largest absolute Gasteiger partial charge is 0.313 e. The highest BCUT2D eigenvalue weighted by atomic mass is 35.5. The Labute approximate surface area is 107 Å². The van der Waals surface area contributed by atoms with E-state index in [1.807, 2.05) is 13.1 Å². The monoisotopic (exact) mass is 256 g/mol. The van der Waals surface area contributed by atoms with Crippen LogP contribution in [0.15, 0.2) is 18.2 Å². The smallest absolute Gasteiger partial charge is 0.142 e. The van der Waals surface area contributed by atoms with Crippen LogP contribution in [-0.2, 0) is 6.54 Å². The van der Waals surface area contributed by atoms with E-state index in [0.29, 0.717) is 6.54 Å². The highest BCUT2D eigenvalue weighted by Gasteiger charge is 2.19. The topological polar surface area (TPSA) is 15.3 Å². The number of rotatable bonds is 6. The molecule has 2 nitrogen and oxygen atoms in total. The van der Waals surface area contributed by atoms with Crippen LogP contribution >= 0.6 is 11.6 Å². The summed E-state index contributed by atoms with van der Waals surface area (Å²) in [5, 5.41) is 3.70. The number of benzene rings is 1. The molecule has 0 saturated heterocycles. The predicted molar refractivity (Wildman–Crippen MR) is 68.8 cm³/mol. The average Bonchev–Trinajstić information content (AvgIpc) is 3.09. The summed E-state index contributed by atoms with van der Waals surface area (Å²) in [6, 6.07) is 5.70. The van der Waals surface area contributed by atoms with E-state index in [2.05, 4.69) is 10.2 Å². The second-order valence-electron chi connectivity index (χ2n) is 4.68. The second kappa shape index (κ2) is 5.80. The third-order valence-corrected chi connectivity index (χ3v) is 3.40. The standard InChI is InChI=1S/C13H18ClFN2/c1-17(8-7-16-11-5-6-11)9-10-3-2-4-12(15)13(10)14/h2-4,11,16H,5-9H2,1H3. The van der Waals surface area contributed by atoms with Crippen LogP contribution in [0.1, 0.15) is 18.4 Å². The zero-order chi connectivity index (χ0) is 12.3. The van der Waals surface area contributed by atoms with Crippen molar-refractivity contribution in [2.75, 3.05) is 20.1 Å². The Bertz CT molecular complexity index is 380. The fraction of sp³-hybridized carbons (Fsp3) is 0.538. The number of likely N-dealkylation sites (N-methyl/N-ethyl adjacent to an activating group) is 1. The summed E-state index contributed by atoms with van der Waals surface area (Å²) in [6.45, 7) is 2.61. The van der Waals surface area contributed by atoms with Gasteiger partial charge in [-0.1, -0.05) is 23.7 Å². The minimum atomic E-state index is -0.339. The van der Waals surface area contributed by atoms with Gasteiger partial charge in [-0.15, -0.1) is 0 Å². The molecule has 0 aliphatic heterocycles. The molecule has 1 saturated carbocycles. The maximum atomic E-state index is 13.2. The minimum absolute atomic E-state index is 0.245. The summed E-state index contributed by atoms with van der Waals surface area (Å²) in [5.41, 5.74) is 0.848. The van der Waals surface area contributed by atoms with Crippen molar-refractivity contribution < 1.29 is 4.39 Å². The molecule has 4 heteroatoms. The molecule has 17 heavy (non-hydrogen) atoms. The number of hydrogen-bond donors (Lipinski definition) is 1. The molecule has 0 unspecified atom stereocenters. The van der Waals surface area contributed by atoms with Crippen molar-refractivity contribution in [1.82, 2.24) is 10.2 Å². The van der Waals surface area contributed by atoms with E-state index in [0.717, 1.165) is 24.7 Å². The molecule has 0 radical (unpaired) electrons. The van der Waals surface area contributed by atoms with Gasteiger partial charge in [0.1, 0.15) is 5.82 Å². The van der Waals surface area contributed by atoms with Gasteiger partial charge in [0.2, 0.25) is 0 Å². The van der Waals surface area contributed by atoms with Crippen LogP contribution in [0.25, 0.3) is 0 Å². The molecule has 94 valence electrons. The van der Waals surface area contributed by atoms with Crippen LogP contribution in [0.4, 0.5) is 4.39 Å². The summed E-state index contributed by atoms with van der Waals surface area (Å²) >= 11 is 5.91. The molecule has 0 bridgehead atoms. The van der Waals surface area contributed by atoms with Crippen LogP contribution in [0.5, 0.6) is 0 Å². The summed E-state index contributed by atoms with van der Waals surface area (Å²) < 4.78 is 13.2. The van der Waals surface area contributed by atoms with Crippen molar-refractivity contribution in [3.8, 4) is 0 Å². The van der Waals surface area contributed by atoms with Gasteiger partial charge >= 0.3 is 0 Å². The summed E-state index contributed by atoms with van der Waals surface area (Å²) in [5.74, 6) is -0.339. The van der Waals surface area contributed by atoms with Crippen molar-refractivity contribution in [2.45, 2.75) is 25.4 Å². The van der Waals surface area contributed by atoms with Gasteiger partial charge in [-0.05, 0) is 31.5 Å². The van der Waals surface area contributed by atoms with Gasteiger partial charge in [-0.3, -0.25) is 0 Å². The molecule has 2 rings (SSSR count). The molecular weight excluding hydrogens is 239 g/mol. The fourth-order valence-electron chi connectivity index (χ4n) is 1.79. The SMILES string of the molecule is CN(CCNC1CC1)Cc1cccc(F)c1Cl. The second-order valence-corrected chi connectivity index (χ2v) is 5.06. The van der Waals surface area contributed by atoms with Gasteiger partial charge in [-0.2, -0.15) is 0 Å². The van der Waals surface area contributed by atoms with Crippen LogP contribution in [0.3, 0.4) is 0 Å². The average molecular weight is 257 g/mol. The molecule has 1 aromatic rings. The molecule has 0 spiro atoms. The molecule has 1 fully saturated rings. The first kappa shape index (κ1) is 12.8. The van der Waals surface area contributed by atoms with E-state index in [9.17, 15) is 4.39 Å². The molecule has 1 N–H and O–H groups in total. The minimum Gasteiger partial charge on any atom is -0.313 e. The van der Waals surface area contributed by atoms with Crippen molar-refractivity contribution in [2.24, 2.45) is 0 Å². The Morgan fingerprint density at radius 1 is 1.47 bits per heavy atom. The fourth-order valence-corrected chi connectivity index (χ4v) is 1.97. The lowest BCUT2D eigenvalue weighted by atomic mass is 10.2. The van der Waals surface area contributed by atoms with Gasteiger partial charge in [-0.25, -0.2) is 4.39 Å². The number of halogens is 2. The van der Waals surface area contributed by atoms with Crippen LogP contribution < -0.4 is 5.32 Å². The Kier molecular flexibility index (Phi) is 4.37. The normalized spacial score (nSPS) is 15.5. The maximum absolute atomic E-state index is 13.2. The van der Waals surface area contributed by atoms with E-state index < -0.39 is 0 Å². The Balaban J connectivity index is 1.79. The Hall–Kier alpha value is -0.640. The highest BCUT2D eigenvalue weighted by molar-refractivity contribution is 6.31. The first-order valence-electron chi connectivity index (χ1n) is 6.01. The highest BCUT2D eigenvalue weighted by Crippen LogP contribution is 2.21. The van der Waals surface area contributed by atoms with E-state index in [1.54, 1.807) is 6.07 Å². The van der Waals surface area contributed by atoms with Gasteiger partial charge in [0.05, 0.1) is 5.02 Å². The number of hydrogen-bond acceptors (Lipinski definition) is 2. The van der Waals surface area contributed by atoms with E-state index >= 15 is 0 Å². The van der Waals surface area contributed by atoms with Gasteiger partial charge in [0.25, 0.3) is 0 Å². The van der Waals surface area contributed by atoms with Crippen molar-refractivity contribution in [1.29, 1.82) is 0 Å². The van der Waals surface area contributed by atoms with Crippen LogP contribution in [0, 0.1) is 5.82 Å². The van der Waals surface area contributed by atoms with E-state index in [4.69, 9.17) is 11.6 Å². The molecular formula is C13H18ClFN2. The Morgan fingerprint density at radius 3 is 2.94 bits per heavy atom. The molecule has 1 aliphatic rings. The number of nitrogens with one attached hydrogen (secondary N) is 1. The van der Waals surface area contributed by atoms with Crippen molar-refractivity contribution in [3.63, 3.8) is 0 Å². The zero-order valence-electron chi connectivity index (χ0n) is 10.0. The first-order chi connectivity index (χ1) is 8.16. The third-order valence-electron chi connectivity index (χ3n) is 2.98. The maximum Gasteiger partial charge on any atom is 0.142 e. The molecule has 0 aromatic heterocycles. The summed E-state index contributed by atoms with van der Waals surface area (Å²) in [4.78, 5) is 2.15. The van der Waals surface area contributed by atoms with Crippen molar-refractivity contribution in [3.05, 3.63) is 34.6 Å². The Morgan fingerprint density at radius 2 is 2.24 bits per heavy atom. The van der Waals surface area contributed by atoms with Gasteiger partial charge < -0.3 is 10.2 Å². The van der Waals surface area contributed by atoms with Gasteiger partial charge in [0, 0.05) is 25.7 Å². The molecule has 1 aromatic carbocycles. The predicted octanol–water partition coefficient (Wildman–Crippen LogP) is 2.66. The molecule has 0 heterocycles. The van der Waals surface area contributed by atoms with E-state index in [1.165, 1.54) is 18.9 Å². The van der Waals surface area contributed by atoms with Crippen LogP contribution in [-0.4, -0.2) is 31.1 Å². The summed E-state index contributed by atoms with van der Waals surface area (Å²) in [6.07, 6.45) is 2.61. The van der Waals surface area contributed by atoms with Gasteiger partial charge in [0.15, 0.2) is 0 Å². The molecule has 1 aliphatic carbocycles. The first-order valence-corrected chi connectivity index (χ1v) is 6.39. The lowest BCUT2D eigenvalue weighted by Gasteiger charge is -2.17. The zero-order valence-corrected chi connectivity index (χ0v) is 10.8. The third kappa shape index (κ3) is 3.95. The van der Waals surface area contributed by atoms with Crippen LogP contribution in [0.2, 0.25) is 5.02 Å². The lowest BCUT2D eigenvalue weighted by molar-refractivity contribution is 0.323. The molecule has 0 atom stereocenters. The summed E-state index contributed by atoms with van der Waals surface area (Å²) in [7, 11) is 2.02. The van der Waals surface area contributed by atoms with E-state index in [-0.39, 0.29) is 10.8 Å². The lowest BCUT2D eigenvalue weighted by Crippen LogP contribution is -2.30. The quantitative estimate of drug-likeness (QED) is 0.842. The molecule has 0 amide bonds. The van der Waals surface area contributed by atoms with Crippen molar-refractivity contribution >= 4 is 11.6 Å².